The van der Waals surface area contributed by atoms with E-state index in [1.165, 1.54) is 18.5 Å². The van der Waals surface area contributed by atoms with Crippen molar-refractivity contribution in [1.82, 2.24) is 9.97 Å². The van der Waals surface area contributed by atoms with Crippen molar-refractivity contribution in [2.75, 3.05) is 30.5 Å². The average molecular weight is 241 g/mol. The Hall–Kier alpha value is -0.970. The lowest BCUT2D eigenvalue weighted by Gasteiger charge is -2.06. The van der Waals surface area contributed by atoms with Gasteiger partial charge in [-0.3, -0.25) is 0 Å². The molecule has 0 aliphatic rings. The molecule has 0 radical (unpaired) electrons. The van der Waals surface area contributed by atoms with Crippen LogP contribution in [0.2, 0.25) is 0 Å². The van der Waals surface area contributed by atoms with E-state index in [9.17, 15) is 0 Å². The van der Waals surface area contributed by atoms with Crippen LogP contribution in [0.1, 0.15) is 19.8 Å². The Morgan fingerprint density at radius 3 is 3.00 bits per heavy atom. The van der Waals surface area contributed by atoms with E-state index < -0.39 is 0 Å². The van der Waals surface area contributed by atoms with Crippen LogP contribution in [0.4, 0.5) is 5.82 Å². The minimum atomic E-state index is 0.629. The molecule has 1 heterocycles. The molecule has 0 saturated carbocycles. The first kappa shape index (κ1) is 13.1. The molecule has 1 aromatic heterocycles. The number of unbranched alkanes of at least 4 members (excludes halogenated alkanes) is 1. The molecule has 0 bridgehead atoms. The van der Waals surface area contributed by atoms with E-state index in [1.54, 1.807) is 0 Å². The Bertz CT molecular complexity index is 296. The highest BCUT2D eigenvalue weighted by Gasteiger charge is 1.97. The van der Waals surface area contributed by atoms with E-state index in [0.29, 0.717) is 12.5 Å². The minimum absolute atomic E-state index is 0.629. The van der Waals surface area contributed by atoms with Crippen molar-refractivity contribution >= 4 is 17.6 Å². The molecule has 0 spiro atoms. The van der Waals surface area contributed by atoms with Gasteiger partial charge in [-0.1, -0.05) is 0 Å². The predicted molar refractivity (Wildman–Crippen MR) is 69.3 cm³/mol. The largest absolute Gasteiger partial charge is 0.478 e. The lowest BCUT2D eigenvalue weighted by molar-refractivity contribution is 0.326. The van der Waals surface area contributed by atoms with Gasteiger partial charge in [-0.2, -0.15) is 11.8 Å². The number of ether oxygens (including phenoxy) is 1. The third-order valence-electron chi connectivity index (χ3n) is 2.02. The number of hydrogen-bond acceptors (Lipinski definition) is 5. The second kappa shape index (κ2) is 8.21. The Morgan fingerprint density at radius 2 is 2.25 bits per heavy atom. The van der Waals surface area contributed by atoms with Crippen LogP contribution in [0, 0.1) is 0 Å². The van der Waals surface area contributed by atoms with Crippen LogP contribution >= 0.6 is 11.8 Å². The standard InChI is InChI=1S/C11H19N3OS/c1-3-15-11-8-10(13-9-14-11)12-6-4-5-7-16-2/h8-9H,3-7H2,1-2H3,(H,12,13,14). The summed E-state index contributed by atoms with van der Waals surface area (Å²) in [6.45, 7) is 3.52. The predicted octanol–water partition coefficient (Wildman–Crippen LogP) is 2.43. The summed E-state index contributed by atoms with van der Waals surface area (Å²) < 4.78 is 5.30. The molecule has 0 aromatic carbocycles. The van der Waals surface area contributed by atoms with Gasteiger partial charge in [0.2, 0.25) is 5.88 Å². The number of thioether (sulfide) groups is 1. The van der Waals surface area contributed by atoms with Gasteiger partial charge in [-0.15, -0.1) is 0 Å². The fraction of sp³-hybridized carbons (Fsp3) is 0.636. The SMILES string of the molecule is CCOc1cc(NCCCCSC)ncn1. The summed E-state index contributed by atoms with van der Waals surface area (Å²) in [6, 6.07) is 1.83. The number of aromatic nitrogens is 2. The maximum absolute atomic E-state index is 5.30. The molecule has 0 saturated heterocycles. The van der Waals surface area contributed by atoms with Crippen molar-refractivity contribution in [2.24, 2.45) is 0 Å². The van der Waals surface area contributed by atoms with Crippen LogP contribution in [0.5, 0.6) is 5.88 Å². The summed E-state index contributed by atoms with van der Waals surface area (Å²) in [4.78, 5) is 8.14. The molecule has 0 unspecified atom stereocenters. The molecule has 1 rings (SSSR count). The molecule has 16 heavy (non-hydrogen) atoms. The maximum atomic E-state index is 5.30. The molecule has 1 N–H and O–H groups in total. The Morgan fingerprint density at radius 1 is 1.38 bits per heavy atom. The second-order valence-electron chi connectivity index (χ2n) is 3.30. The topological polar surface area (TPSA) is 47.0 Å². The van der Waals surface area contributed by atoms with Gasteiger partial charge in [0.1, 0.15) is 12.1 Å². The van der Waals surface area contributed by atoms with Crippen molar-refractivity contribution in [2.45, 2.75) is 19.8 Å². The number of rotatable bonds is 8. The molecule has 90 valence electrons. The monoisotopic (exact) mass is 241 g/mol. The van der Waals surface area contributed by atoms with Crippen molar-refractivity contribution in [3.05, 3.63) is 12.4 Å². The Balaban J connectivity index is 2.27. The fourth-order valence-corrected chi connectivity index (χ4v) is 1.74. The van der Waals surface area contributed by atoms with Crippen LogP contribution in [0.15, 0.2) is 12.4 Å². The minimum Gasteiger partial charge on any atom is -0.478 e. The van der Waals surface area contributed by atoms with Gasteiger partial charge in [-0.05, 0) is 31.8 Å². The van der Waals surface area contributed by atoms with Gasteiger partial charge in [0.05, 0.1) is 6.61 Å². The Kier molecular flexibility index (Phi) is 6.72. The van der Waals surface area contributed by atoms with Crippen molar-refractivity contribution in [3.63, 3.8) is 0 Å². The van der Waals surface area contributed by atoms with E-state index in [0.717, 1.165) is 18.8 Å². The fourth-order valence-electron chi connectivity index (χ4n) is 1.25. The third-order valence-corrected chi connectivity index (χ3v) is 2.71. The van der Waals surface area contributed by atoms with Crippen LogP contribution in [0.25, 0.3) is 0 Å². The lowest BCUT2D eigenvalue weighted by atomic mass is 10.3. The van der Waals surface area contributed by atoms with Crippen LogP contribution in [-0.4, -0.2) is 35.1 Å². The van der Waals surface area contributed by atoms with Crippen molar-refractivity contribution in [1.29, 1.82) is 0 Å². The molecule has 0 amide bonds. The van der Waals surface area contributed by atoms with Gasteiger partial charge >= 0.3 is 0 Å². The van der Waals surface area contributed by atoms with Gasteiger partial charge in [0.15, 0.2) is 0 Å². The smallest absolute Gasteiger partial charge is 0.218 e. The zero-order valence-electron chi connectivity index (χ0n) is 9.90. The van der Waals surface area contributed by atoms with Crippen LogP contribution in [-0.2, 0) is 0 Å². The van der Waals surface area contributed by atoms with E-state index in [4.69, 9.17) is 4.74 Å². The molecule has 0 atom stereocenters. The van der Waals surface area contributed by atoms with Crippen molar-refractivity contribution < 1.29 is 4.74 Å². The highest BCUT2D eigenvalue weighted by atomic mass is 32.2. The van der Waals surface area contributed by atoms with Crippen molar-refractivity contribution in [3.8, 4) is 5.88 Å². The van der Waals surface area contributed by atoms with E-state index in [1.807, 2.05) is 24.8 Å². The van der Waals surface area contributed by atoms with Crippen LogP contribution < -0.4 is 10.1 Å². The number of hydrogen-bond donors (Lipinski definition) is 1. The number of nitrogens with zero attached hydrogens (tertiary/aromatic N) is 2. The van der Waals surface area contributed by atoms with E-state index in [2.05, 4.69) is 21.5 Å². The van der Waals surface area contributed by atoms with Gasteiger partial charge in [-0.25, -0.2) is 9.97 Å². The first-order chi connectivity index (χ1) is 7.86. The summed E-state index contributed by atoms with van der Waals surface area (Å²) in [5, 5.41) is 3.26. The summed E-state index contributed by atoms with van der Waals surface area (Å²) in [7, 11) is 0. The summed E-state index contributed by atoms with van der Waals surface area (Å²) in [5.74, 6) is 2.68. The zero-order chi connectivity index (χ0) is 11.6. The molecule has 0 aliphatic heterocycles. The highest BCUT2D eigenvalue weighted by molar-refractivity contribution is 7.98. The Labute approximate surface area is 101 Å². The van der Waals surface area contributed by atoms with Gasteiger partial charge in [0, 0.05) is 12.6 Å². The van der Waals surface area contributed by atoms with Crippen LogP contribution in [0.3, 0.4) is 0 Å². The number of nitrogens with one attached hydrogen (secondary N) is 1. The molecule has 0 fully saturated rings. The normalized spacial score (nSPS) is 10.1. The second-order valence-corrected chi connectivity index (χ2v) is 4.29. The molecular formula is C11H19N3OS. The zero-order valence-corrected chi connectivity index (χ0v) is 10.7. The molecule has 0 aliphatic carbocycles. The first-order valence-electron chi connectivity index (χ1n) is 5.54. The summed E-state index contributed by atoms with van der Waals surface area (Å²) in [5.41, 5.74) is 0. The molecule has 1 aromatic rings. The third kappa shape index (κ3) is 5.21. The van der Waals surface area contributed by atoms with E-state index in [-0.39, 0.29) is 0 Å². The summed E-state index contributed by atoms with van der Waals surface area (Å²) >= 11 is 1.88. The van der Waals surface area contributed by atoms with Gasteiger partial charge < -0.3 is 10.1 Å². The van der Waals surface area contributed by atoms with Gasteiger partial charge in [0.25, 0.3) is 0 Å². The highest BCUT2D eigenvalue weighted by Crippen LogP contribution is 2.10. The average Bonchev–Trinajstić information content (AvgIpc) is 2.30. The maximum Gasteiger partial charge on any atom is 0.218 e. The first-order valence-corrected chi connectivity index (χ1v) is 6.94. The number of anilines is 1. The lowest BCUT2D eigenvalue weighted by Crippen LogP contribution is -2.04. The van der Waals surface area contributed by atoms with E-state index >= 15 is 0 Å². The molecule has 5 heteroatoms. The summed E-state index contributed by atoms with van der Waals surface area (Å²) in [6.07, 6.45) is 6.05. The quantitative estimate of drug-likeness (QED) is 0.708. The molecule has 4 nitrogen and oxygen atoms in total. The molecular weight excluding hydrogens is 222 g/mol.